The van der Waals surface area contributed by atoms with Gasteiger partial charge in [-0.3, -0.25) is 0 Å². The van der Waals surface area contributed by atoms with Crippen molar-refractivity contribution in [2.75, 3.05) is 0 Å². The summed E-state index contributed by atoms with van der Waals surface area (Å²) in [6.45, 7) is 2.44. The van der Waals surface area contributed by atoms with Gasteiger partial charge in [-0.05, 0) is 32.1 Å². The third-order valence-corrected chi connectivity index (χ3v) is 3.31. The monoisotopic (exact) mass is 322 g/mol. The van der Waals surface area contributed by atoms with Crippen molar-refractivity contribution in [3.05, 3.63) is 58.9 Å². The van der Waals surface area contributed by atoms with E-state index in [2.05, 4.69) is 4.74 Å². The molecule has 0 unspecified atom stereocenters. The Morgan fingerprint density at radius 1 is 0.864 bits per heavy atom. The van der Waals surface area contributed by atoms with Crippen LogP contribution in [0, 0.1) is 6.92 Å². The first-order valence-electron chi connectivity index (χ1n) is 6.27. The summed E-state index contributed by atoms with van der Waals surface area (Å²) in [5.74, 6) is -11.2. The summed E-state index contributed by atoms with van der Waals surface area (Å²) >= 11 is 0. The lowest BCUT2D eigenvalue weighted by Gasteiger charge is -2.33. The third-order valence-electron chi connectivity index (χ3n) is 3.31. The fourth-order valence-electron chi connectivity index (χ4n) is 1.86. The maximum absolute atomic E-state index is 13.9. The first-order valence-corrected chi connectivity index (χ1v) is 6.27. The molecule has 120 valence electrons. The summed E-state index contributed by atoms with van der Waals surface area (Å²) in [5, 5.41) is 0. The quantitative estimate of drug-likeness (QED) is 0.697. The maximum Gasteiger partial charge on any atom is 0.426 e. The number of hydrogen-bond donors (Lipinski definition) is 0. The fraction of sp³-hybridized carbons (Fsp3) is 0.333. The average Bonchev–Trinajstić information content (AvgIpc) is 2.41. The van der Waals surface area contributed by atoms with Crippen LogP contribution in [-0.2, 0) is 10.8 Å². The first kappa shape index (κ1) is 16.5. The van der Waals surface area contributed by atoms with E-state index >= 15 is 0 Å². The molecule has 2 rings (SSSR count). The highest BCUT2D eigenvalue weighted by Crippen LogP contribution is 2.49. The van der Waals surface area contributed by atoms with E-state index in [1.165, 1.54) is 12.1 Å². The molecule has 0 atom stereocenters. The molecule has 0 spiro atoms. The van der Waals surface area contributed by atoms with E-state index in [4.69, 9.17) is 0 Å². The van der Waals surface area contributed by atoms with Gasteiger partial charge in [0.2, 0.25) is 0 Å². The minimum Gasteiger partial charge on any atom is -0.427 e. The van der Waals surface area contributed by atoms with Crippen LogP contribution in [0.15, 0.2) is 47.7 Å². The lowest BCUT2D eigenvalue weighted by Crippen LogP contribution is -2.46. The maximum atomic E-state index is 13.9. The van der Waals surface area contributed by atoms with Crippen LogP contribution < -0.4 is 0 Å². The normalized spacial score (nSPS) is 20.2. The molecule has 22 heavy (non-hydrogen) atoms. The summed E-state index contributed by atoms with van der Waals surface area (Å²) in [7, 11) is 0. The van der Waals surface area contributed by atoms with Crippen molar-refractivity contribution >= 4 is 0 Å². The Bertz CT molecular complexity index is 628. The van der Waals surface area contributed by atoms with E-state index in [0.29, 0.717) is 17.7 Å². The van der Waals surface area contributed by atoms with Crippen molar-refractivity contribution in [2.45, 2.75) is 31.8 Å². The fourth-order valence-corrected chi connectivity index (χ4v) is 1.86. The number of alkyl halides is 6. The van der Waals surface area contributed by atoms with Crippen LogP contribution in [0.3, 0.4) is 0 Å². The first-order chi connectivity index (χ1) is 9.98. The van der Waals surface area contributed by atoms with E-state index in [-0.39, 0.29) is 0 Å². The zero-order valence-electron chi connectivity index (χ0n) is 11.6. The van der Waals surface area contributed by atoms with Gasteiger partial charge in [0, 0.05) is 5.57 Å². The number of allylic oxidation sites excluding steroid dienone is 4. The van der Waals surface area contributed by atoms with Crippen molar-refractivity contribution in [3.63, 3.8) is 0 Å². The van der Waals surface area contributed by atoms with Crippen LogP contribution in [-0.4, -0.2) is 11.8 Å². The third kappa shape index (κ3) is 2.60. The lowest BCUT2D eigenvalue weighted by molar-refractivity contribution is -0.267. The SMILES string of the molecule is CC1=CC=C(OC(F)(F)c2ccc(C)cc2)C(F)(F)C1(F)F. The smallest absolute Gasteiger partial charge is 0.426 e. The summed E-state index contributed by atoms with van der Waals surface area (Å²) in [5.41, 5.74) is -0.959. The molecule has 0 fully saturated rings. The Balaban J connectivity index is 2.35. The van der Waals surface area contributed by atoms with Crippen LogP contribution >= 0.6 is 0 Å². The predicted octanol–water partition coefficient (Wildman–Crippen LogP) is 5.18. The lowest BCUT2D eigenvalue weighted by atomic mass is 9.96. The number of halogens is 6. The predicted molar refractivity (Wildman–Crippen MR) is 67.9 cm³/mol. The van der Waals surface area contributed by atoms with Crippen molar-refractivity contribution in [1.82, 2.24) is 0 Å². The van der Waals surface area contributed by atoms with Gasteiger partial charge in [0.1, 0.15) is 0 Å². The van der Waals surface area contributed by atoms with E-state index in [9.17, 15) is 26.3 Å². The number of aryl methyl sites for hydroxylation is 1. The molecular weight excluding hydrogens is 310 g/mol. The molecule has 0 aromatic heterocycles. The highest BCUT2D eigenvalue weighted by molar-refractivity contribution is 5.34. The molecule has 1 aliphatic carbocycles. The molecule has 1 aliphatic rings. The van der Waals surface area contributed by atoms with E-state index in [0.717, 1.165) is 19.1 Å². The second-order valence-corrected chi connectivity index (χ2v) is 5.01. The largest absolute Gasteiger partial charge is 0.427 e. The van der Waals surface area contributed by atoms with Crippen molar-refractivity contribution in [1.29, 1.82) is 0 Å². The number of ether oxygens (including phenoxy) is 1. The number of benzene rings is 1. The molecule has 0 aliphatic heterocycles. The molecule has 1 aromatic rings. The Hall–Kier alpha value is -1.92. The summed E-state index contributed by atoms with van der Waals surface area (Å²) in [4.78, 5) is 0. The van der Waals surface area contributed by atoms with Gasteiger partial charge in [0.05, 0.1) is 5.56 Å². The van der Waals surface area contributed by atoms with E-state index in [1.54, 1.807) is 6.92 Å². The zero-order valence-corrected chi connectivity index (χ0v) is 11.6. The van der Waals surface area contributed by atoms with Crippen molar-refractivity contribution in [3.8, 4) is 0 Å². The Morgan fingerprint density at radius 2 is 1.41 bits per heavy atom. The molecule has 0 amide bonds. The van der Waals surface area contributed by atoms with Gasteiger partial charge < -0.3 is 4.74 Å². The molecule has 1 aromatic carbocycles. The Morgan fingerprint density at radius 3 is 1.95 bits per heavy atom. The van der Waals surface area contributed by atoms with Crippen molar-refractivity contribution in [2.24, 2.45) is 0 Å². The number of hydrogen-bond acceptors (Lipinski definition) is 1. The topological polar surface area (TPSA) is 9.23 Å². The number of rotatable bonds is 3. The standard InChI is InChI=1S/C15H12F6O/c1-9-3-6-11(7-4-9)15(20,21)22-12-8-5-10(2)13(16,17)14(12,18)19/h3-8H,1-2H3. The Kier molecular flexibility index (Phi) is 3.79. The van der Waals surface area contributed by atoms with Gasteiger partial charge in [0.25, 0.3) is 0 Å². The minimum atomic E-state index is -4.85. The molecule has 0 radical (unpaired) electrons. The highest BCUT2D eigenvalue weighted by atomic mass is 19.3. The minimum absolute atomic E-state index is 0.439. The summed E-state index contributed by atoms with van der Waals surface area (Å²) in [6.07, 6.45) is -3.08. The van der Waals surface area contributed by atoms with Gasteiger partial charge in [-0.1, -0.05) is 23.8 Å². The van der Waals surface area contributed by atoms with Crippen molar-refractivity contribution < 1.29 is 31.1 Å². The molecule has 0 N–H and O–H groups in total. The van der Waals surface area contributed by atoms with Gasteiger partial charge >= 0.3 is 18.0 Å². The molecule has 0 saturated carbocycles. The van der Waals surface area contributed by atoms with Gasteiger partial charge in [-0.2, -0.15) is 26.3 Å². The van der Waals surface area contributed by atoms with Crippen LogP contribution in [0.1, 0.15) is 18.1 Å². The second-order valence-electron chi connectivity index (χ2n) is 5.01. The molecule has 1 nitrogen and oxygen atoms in total. The molecule has 0 saturated heterocycles. The van der Waals surface area contributed by atoms with Crippen LogP contribution in [0.4, 0.5) is 26.3 Å². The van der Waals surface area contributed by atoms with E-state index < -0.39 is 34.8 Å². The summed E-state index contributed by atoms with van der Waals surface area (Å²) < 4.78 is 86.1. The average molecular weight is 322 g/mol. The van der Waals surface area contributed by atoms with Crippen LogP contribution in [0.25, 0.3) is 0 Å². The van der Waals surface area contributed by atoms with Crippen LogP contribution in [0.2, 0.25) is 0 Å². The van der Waals surface area contributed by atoms with Gasteiger partial charge in [0.15, 0.2) is 5.76 Å². The van der Waals surface area contributed by atoms with E-state index in [1.807, 2.05) is 0 Å². The molecule has 0 bridgehead atoms. The highest BCUT2D eigenvalue weighted by Gasteiger charge is 2.63. The Labute approximate surface area is 122 Å². The van der Waals surface area contributed by atoms with Gasteiger partial charge in [-0.25, -0.2) is 0 Å². The molecule has 0 heterocycles. The molecular formula is C15H12F6O. The second kappa shape index (κ2) is 5.07. The van der Waals surface area contributed by atoms with Crippen LogP contribution in [0.5, 0.6) is 0 Å². The summed E-state index contributed by atoms with van der Waals surface area (Å²) in [6, 6.07) is 4.63. The molecule has 7 heteroatoms. The van der Waals surface area contributed by atoms with Gasteiger partial charge in [-0.15, -0.1) is 0 Å². The zero-order chi connectivity index (χ0) is 16.8.